The Morgan fingerprint density at radius 3 is 2.80 bits per heavy atom. The molecule has 3 rings (SSSR count). The number of nitrogens with zero attached hydrogens (tertiary/aromatic N) is 1. The molecule has 0 radical (unpaired) electrons. The number of amides is 1. The Labute approximate surface area is 118 Å². The molecule has 2 aliphatic heterocycles. The maximum atomic E-state index is 11.3. The molecular weight excluding hydrogens is 256 g/mol. The molecule has 20 heavy (non-hydrogen) atoms. The summed E-state index contributed by atoms with van der Waals surface area (Å²) >= 11 is 0. The minimum absolute atomic E-state index is 0.0228. The van der Waals surface area contributed by atoms with Gasteiger partial charge in [0.15, 0.2) is 0 Å². The second-order valence-electron chi connectivity index (χ2n) is 5.64. The molecule has 1 amide bonds. The van der Waals surface area contributed by atoms with Crippen molar-refractivity contribution in [1.82, 2.24) is 10.2 Å². The van der Waals surface area contributed by atoms with Crippen LogP contribution >= 0.6 is 0 Å². The van der Waals surface area contributed by atoms with E-state index in [9.17, 15) is 4.79 Å². The lowest BCUT2D eigenvalue weighted by atomic mass is 9.92. The zero-order chi connectivity index (χ0) is 14.1. The van der Waals surface area contributed by atoms with Crippen molar-refractivity contribution in [2.24, 2.45) is 5.92 Å². The summed E-state index contributed by atoms with van der Waals surface area (Å²) in [7, 11) is 1.67. The second-order valence-corrected chi connectivity index (χ2v) is 5.64. The third kappa shape index (κ3) is 2.58. The van der Waals surface area contributed by atoms with Crippen LogP contribution in [0.4, 0.5) is 4.79 Å². The molecule has 5 heteroatoms. The van der Waals surface area contributed by atoms with Gasteiger partial charge in [-0.25, -0.2) is 4.79 Å². The van der Waals surface area contributed by atoms with Crippen molar-refractivity contribution in [2.45, 2.75) is 25.6 Å². The number of piperidine rings is 1. The minimum atomic E-state index is -0.279. The van der Waals surface area contributed by atoms with Gasteiger partial charge in [0.05, 0.1) is 13.2 Å². The van der Waals surface area contributed by atoms with Crippen LogP contribution in [0.3, 0.4) is 0 Å². The standard InChI is InChI=1S/C15H20N2O3/c1-10-7-17(9-13-14(10)20-15(18)16-13)8-11-3-5-12(19-2)6-4-11/h3-6,10,13-14H,7-9H2,1-2H3,(H,16,18)/t10-,13+,14?/m0/s1. The van der Waals surface area contributed by atoms with E-state index < -0.39 is 0 Å². The number of alkyl carbamates (subject to hydrolysis) is 1. The summed E-state index contributed by atoms with van der Waals surface area (Å²) in [5, 5.41) is 2.90. The highest BCUT2D eigenvalue weighted by Gasteiger charge is 2.42. The number of nitrogens with one attached hydrogen (secondary N) is 1. The number of hydrogen-bond acceptors (Lipinski definition) is 4. The molecule has 0 saturated carbocycles. The molecule has 1 aromatic carbocycles. The van der Waals surface area contributed by atoms with Gasteiger partial charge in [-0.15, -0.1) is 0 Å². The first-order valence-corrected chi connectivity index (χ1v) is 6.98. The minimum Gasteiger partial charge on any atom is -0.497 e. The van der Waals surface area contributed by atoms with Gasteiger partial charge in [0.25, 0.3) is 0 Å². The van der Waals surface area contributed by atoms with Gasteiger partial charge in [-0.3, -0.25) is 4.90 Å². The Hall–Kier alpha value is -1.75. The number of ether oxygens (including phenoxy) is 2. The lowest BCUT2D eigenvalue weighted by Crippen LogP contribution is -2.52. The van der Waals surface area contributed by atoms with Crippen LogP contribution in [0.2, 0.25) is 0 Å². The number of methoxy groups -OCH3 is 1. The molecule has 3 atom stereocenters. The van der Waals surface area contributed by atoms with Gasteiger partial charge in [-0.1, -0.05) is 19.1 Å². The molecule has 2 heterocycles. The fraction of sp³-hybridized carbons (Fsp3) is 0.533. The van der Waals surface area contributed by atoms with Gasteiger partial charge in [0.1, 0.15) is 11.9 Å². The van der Waals surface area contributed by atoms with Crippen molar-refractivity contribution in [2.75, 3.05) is 20.2 Å². The zero-order valence-corrected chi connectivity index (χ0v) is 11.8. The predicted molar refractivity (Wildman–Crippen MR) is 74.6 cm³/mol. The molecule has 1 N–H and O–H groups in total. The Bertz CT molecular complexity index is 488. The van der Waals surface area contributed by atoms with Crippen molar-refractivity contribution in [3.05, 3.63) is 29.8 Å². The molecule has 0 aromatic heterocycles. The third-order valence-corrected chi connectivity index (χ3v) is 4.07. The van der Waals surface area contributed by atoms with Crippen LogP contribution in [0, 0.1) is 5.92 Å². The molecule has 108 valence electrons. The van der Waals surface area contributed by atoms with Crippen LogP contribution < -0.4 is 10.1 Å². The van der Waals surface area contributed by atoms with E-state index in [0.29, 0.717) is 5.92 Å². The fourth-order valence-electron chi connectivity index (χ4n) is 3.12. The van der Waals surface area contributed by atoms with Gasteiger partial charge in [0, 0.05) is 25.6 Å². The number of carbonyl (C=O) groups excluding carboxylic acids is 1. The Balaban J connectivity index is 1.64. The van der Waals surface area contributed by atoms with E-state index in [1.54, 1.807) is 7.11 Å². The van der Waals surface area contributed by atoms with Crippen molar-refractivity contribution in [3.63, 3.8) is 0 Å². The first kappa shape index (κ1) is 13.2. The van der Waals surface area contributed by atoms with Crippen molar-refractivity contribution < 1.29 is 14.3 Å². The molecular formula is C15H20N2O3. The zero-order valence-electron chi connectivity index (χ0n) is 11.8. The van der Waals surface area contributed by atoms with Crippen LogP contribution in [-0.2, 0) is 11.3 Å². The number of likely N-dealkylation sites (tertiary alicyclic amines) is 1. The molecule has 1 unspecified atom stereocenters. The van der Waals surface area contributed by atoms with E-state index in [4.69, 9.17) is 9.47 Å². The first-order chi connectivity index (χ1) is 9.65. The quantitative estimate of drug-likeness (QED) is 0.911. The van der Waals surface area contributed by atoms with E-state index in [0.717, 1.165) is 25.4 Å². The highest BCUT2D eigenvalue weighted by molar-refractivity contribution is 5.70. The van der Waals surface area contributed by atoms with Crippen molar-refractivity contribution >= 4 is 6.09 Å². The summed E-state index contributed by atoms with van der Waals surface area (Å²) in [5.74, 6) is 1.23. The average Bonchev–Trinajstić information content (AvgIpc) is 2.81. The number of hydrogen-bond donors (Lipinski definition) is 1. The summed E-state index contributed by atoms with van der Waals surface area (Å²) < 4.78 is 10.5. The number of rotatable bonds is 3. The predicted octanol–water partition coefficient (Wildman–Crippen LogP) is 1.62. The van der Waals surface area contributed by atoms with Gasteiger partial charge >= 0.3 is 6.09 Å². The molecule has 0 spiro atoms. The summed E-state index contributed by atoms with van der Waals surface area (Å²) in [5.41, 5.74) is 1.25. The number of benzene rings is 1. The molecule has 1 aromatic rings. The van der Waals surface area contributed by atoms with Gasteiger partial charge in [-0.2, -0.15) is 0 Å². The Kier molecular flexibility index (Phi) is 3.53. The van der Waals surface area contributed by atoms with E-state index in [1.165, 1.54) is 5.56 Å². The van der Waals surface area contributed by atoms with E-state index in [2.05, 4.69) is 29.3 Å². The summed E-state index contributed by atoms with van der Waals surface area (Å²) in [6, 6.07) is 8.24. The van der Waals surface area contributed by atoms with Crippen molar-refractivity contribution in [3.8, 4) is 5.75 Å². The van der Waals surface area contributed by atoms with Crippen LogP contribution in [0.25, 0.3) is 0 Å². The second kappa shape index (κ2) is 5.32. The van der Waals surface area contributed by atoms with Gasteiger partial charge in [0.2, 0.25) is 0 Å². The first-order valence-electron chi connectivity index (χ1n) is 6.98. The highest BCUT2D eigenvalue weighted by atomic mass is 16.6. The molecule has 0 bridgehead atoms. The number of carbonyl (C=O) groups is 1. The van der Waals surface area contributed by atoms with Crippen molar-refractivity contribution in [1.29, 1.82) is 0 Å². The summed E-state index contributed by atoms with van der Waals surface area (Å²) in [6.07, 6.45) is -0.257. The highest BCUT2D eigenvalue weighted by Crippen LogP contribution is 2.25. The Morgan fingerprint density at radius 2 is 2.10 bits per heavy atom. The fourth-order valence-corrected chi connectivity index (χ4v) is 3.12. The lowest BCUT2D eigenvalue weighted by molar-refractivity contribution is 0.0354. The molecule has 2 aliphatic rings. The largest absolute Gasteiger partial charge is 0.497 e. The average molecular weight is 276 g/mol. The molecule has 0 aliphatic carbocycles. The number of fused-ring (bicyclic) bond motifs is 1. The van der Waals surface area contributed by atoms with Crippen LogP contribution in [0.15, 0.2) is 24.3 Å². The van der Waals surface area contributed by atoms with Crippen LogP contribution in [0.1, 0.15) is 12.5 Å². The maximum Gasteiger partial charge on any atom is 0.407 e. The van der Waals surface area contributed by atoms with Crippen LogP contribution in [-0.4, -0.2) is 43.3 Å². The van der Waals surface area contributed by atoms with E-state index in [1.807, 2.05) is 12.1 Å². The lowest BCUT2D eigenvalue weighted by Gasteiger charge is -2.37. The normalized spacial score (nSPS) is 29.5. The van der Waals surface area contributed by atoms with Gasteiger partial charge < -0.3 is 14.8 Å². The molecule has 2 fully saturated rings. The van der Waals surface area contributed by atoms with Gasteiger partial charge in [-0.05, 0) is 17.7 Å². The summed E-state index contributed by atoms with van der Waals surface area (Å²) in [6.45, 7) is 4.81. The SMILES string of the molecule is COc1ccc(CN2C[C@H](C)C3OC(=O)N[C@@H]3C2)cc1. The van der Waals surface area contributed by atoms with E-state index >= 15 is 0 Å². The Morgan fingerprint density at radius 1 is 1.35 bits per heavy atom. The van der Waals surface area contributed by atoms with E-state index in [-0.39, 0.29) is 18.2 Å². The maximum absolute atomic E-state index is 11.3. The summed E-state index contributed by atoms with van der Waals surface area (Å²) in [4.78, 5) is 13.7. The molecule has 5 nitrogen and oxygen atoms in total. The van der Waals surface area contributed by atoms with Crippen LogP contribution in [0.5, 0.6) is 5.75 Å². The molecule has 2 saturated heterocycles. The topological polar surface area (TPSA) is 50.8 Å². The third-order valence-electron chi connectivity index (χ3n) is 4.07. The monoisotopic (exact) mass is 276 g/mol. The smallest absolute Gasteiger partial charge is 0.407 e.